The van der Waals surface area contributed by atoms with Crippen LogP contribution in [0.15, 0.2) is 29.6 Å². The average molecular weight is 291 g/mol. The van der Waals surface area contributed by atoms with Gasteiger partial charge in [-0.05, 0) is 22.4 Å². The molecule has 1 aliphatic heterocycles. The Balaban J connectivity index is 1.79. The molecule has 2 heterocycles. The molecular weight excluding hydrogens is 274 g/mol. The Bertz CT molecular complexity index is 624. The van der Waals surface area contributed by atoms with Gasteiger partial charge in [-0.3, -0.25) is 9.69 Å². The second kappa shape index (κ2) is 5.52. The third-order valence-corrected chi connectivity index (χ3v) is 5.03. The second-order valence-corrected chi connectivity index (χ2v) is 6.25. The molecule has 0 unspecified atom stereocenters. The zero-order valence-electron chi connectivity index (χ0n) is 11.0. The van der Waals surface area contributed by atoms with E-state index in [-0.39, 0.29) is 12.5 Å². The predicted molar refractivity (Wildman–Crippen MR) is 78.8 cm³/mol. The highest BCUT2D eigenvalue weighted by molar-refractivity contribution is 7.17. The molecule has 1 aromatic heterocycles. The average Bonchev–Trinajstić information content (AvgIpc) is 3.05. The van der Waals surface area contributed by atoms with Crippen LogP contribution in [0.1, 0.15) is 5.56 Å². The highest BCUT2D eigenvalue weighted by atomic mass is 32.1. The van der Waals surface area contributed by atoms with E-state index in [4.69, 9.17) is 0 Å². The summed E-state index contributed by atoms with van der Waals surface area (Å²) in [6.45, 7) is 1.85. The lowest BCUT2D eigenvalue weighted by Gasteiger charge is -2.16. The molecule has 2 atom stereocenters. The van der Waals surface area contributed by atoms with Gasteiger partial charge < -0.3 is 10.2 Å². The zero-order chi connectivity index (χ0) is 14.1. The van der Waals surface area contributed by atoms with Crippen molar-refractivity contribution in [2.24, 2.45) is 11.8 Å². The molecule has 0 spiro atoms. The maximum absolute atomic E-state index is 11.2. The van der Waals surface area contributed by atoms with Crippen LogP contribution in [0.2, 0.25) is 0 Å². The maximum Gasteiger partial charge on any atom is 0.308 e. The van der Waals surface area contributed by atoms with Gasteiger partial charge in [-0.25, -0.2) is 0 Å². The van der Waals surface area contributed by atoms with Crippen molar-refractivity contribution in [3.63, 3.8) is 0 Å². The fraction of sp³-hybridized carbons (Fsp3) is 0.400. The smallest absolute Gasteiger partial charge is 0.308 e. The number of carbonyl (C=O) groups is 1. The Kier molecular flexibility index (Phi) is 3.74. The van der Waals surface area contributed by atoms with E-state index in [0.29, 0.717) is 13.1 Å². The summed E-state index contributed by atoms with van der Waals surface area (Å²) in [5.41, 5.74) is 1.24. The van der Waals surface area contributed by atoms with Crippen LogP contribution in [-0.2, 0) is 11.3 Å². The summed E-state index contributed by atoms with van der Waals surface area (Å²) in [5.74, 6) is -1.42. The van der Waals surface area contributed by atoms with E-state index in [1.165, 1.54) is 15.6 Å². The molecule has 0 bridgehead atoms. The summed E-state index contributed by atoms with van der Waals surface area (Å²) in [6, 6.07) is 8.33. The molecule has 3 rings (SSSR count). The summed E-state index contributed by atoms with van der Waals surface area (Å²) in [4.78, 5) is 13.3. The molecule has 4 nitrogen and oxygen atoms in total. The lowest BCUT2D eigenvalue weighted by Crippen LogP contribution is -2.24. The van der Waals surface area contributed by atoms with Crippen LogP contribution < -0.4 is 0 Å². The van der Waals surface area contributed by atoms with E-state index >= 15 is 0 Å². The predicted octanol–water partition coefficient (Wildman–Crippen LogP) is 2.03. The molecule has 1 aromatic carbocycles. The number of carboxylic acid groups (broad SMARTS) is 1. The molecule has 106 valence electrons. The summed E-state index contributed by atoms with van der Waals surface area (Å²) in [5, 5.41) is 21.8. The molecule has 2 N–H and O–H groups in total. The number of thiophene rings is 1. The van der Waals surface area contributed by atoms with Crippen LogP contribution in [-0.4, -0.2) is 40.8 Å². The topological polar surface area (TPSA) is 60.8 Å². The highest BCUT2D eigenvalue weighted by Crippen LogP contribution is 2.29. The molecule has 5 heteroatoms. The Labute approximate surface area is 121 Å². The summed E-state index contributed by atoms with van der Waals surface area (Å²) < 4.78 is 1.27. The first-order chi connectivity index (χ1) is 9.69. The van der Waals surface area contributed by atoms with Crippen molar-refractivity contribution < 1.29 is 15.0 Å². The quantitative estimate of drug-likeness (QED) is 0.905. The van der Waals surface area contributed by atoms with E-state index < -0.39 is 11.9 Å². The maximum atomic E-state index is 11.2. The minimum absolute atomic E-state index is 0.0589. The number of benzene rings is 1. The van der Waals surface area contributed by atoms with Crippen LogP contribution in [0.25, 0.3) is 10.1 Å². The third-order valence-electron chi connectivity index (χ3n) is 4.02. The van der Waals surface area contributed by atoms with E-state index in [1.807, 2.05) is 6.07 Å². The van der Waals surface area contributed by atoms with Gasteiger partial charge in [0.2, 0.25) is 0 Å². The van der Waals surface area contributed by atoms with Crippen LogP contribution in [0.4, 0.5) is 0 Å². The van der Waals surface area contributed by atoms with Crippen molar-refractivity contribution in [2.45, 2.75) is 6.54 Å². The number of fused-ring (bicyclic) bond motifs is 1. The summed E-state index contributed by atoms with van der Waals surface area (Å²) in [6.07, 6.45) is 0. The number of carboxylic acids is 1. The second-order valence-electron chi connectivity index (χ2n) is 5.34. The van der Waals surface area contributed by atoms with Crippen molar-refractivity contribution in [3.8, 4) is 0 Å². The van der Waals surface area contributed by atoms with Gasteiger partial charge in [0.1, 0.15) is 0 Å². The number of rotatable bonds is 4. The molecule has 0 amide bonds. The Morgan fingerprint density at radius 2 is 2.20 bits per heavy atom. The zero-order valence-corrected chi connectivity index (χ0v) is 11.8. The van der Waals surface area contributed by atoms with Crippen molar-refractivity contribution >= 4 is 27.4 Å². The summed E-state index contributed by atoms with van der Waals surface area (Å²) >= 11 is 1.72. The Morgan fingerprint density at radius 3 is 2.90 bits per heavy atom. The van der Waals surface area contributed by atoms with Crippen LogP contribution in [0, 0.1) is 11.8 Å². The first kappa shape index (κ1) is 13.5. The van der Waals surface area contributed by atoms with Gasteiger partial charge in [-0.1, -0.05) is 18.2 Å². The van der Waals surface area contributed by atoms with Gasteiger partial charge in [-0.15, -0.1) is 11.3 Å². The summed E-state index contributed by atoms with van der Waals surface area (Å²) in [7, 11) is 0. The van der Waals surface area contributed by atoms with Gasteiger partial charge in [0.05, 0.1) is 5.92 Å². The molecule has 1 fully saturated rings. The number of likely N-dealkylation sites (tertiary alicyclic amines) is 1. The molecule has 2 aromatic rings. The number of hydrogen-bond acceptors (Lipinski definition) is 4. The third kappa shape index (κ3) is 2.44. The standard InChI is InChI=1S/C15H17NO3S/c17-9-12-7-16(8-13(12)15(18)19)6-11-3-1-2-10-4-5-20-14(10)11/h1-5,12-13,17H,6-9H2,(H,18,19)/t12-,13-/m0/s1. The molecule has 0 saturated carbocycles. The van der Waals surface area contributed by atoms with Gasteiger partial charge >= 0.3 is 5.97 Å². The van der Waals surface area contributed by atoms with Crippen molar-refractivity contribution in [2.75, 3.05) is 19.7 Å². The van der Waals surface area contributed by atoms with Gasteiger partial charge in [0.15, 0.2) is 0 Å². The van der Waals surface area contributed by atoms with E-state index in [1.54, 1.807) is 11.3 Å². The highest BCUT2D eigenvalue weighted by Gasteiger charge is 2.37. The van der Waals surface area contributed by atoms with Crippen molar-refractivity contribution in [3.05, 3.63) is 35.2 Å². The largest absolute Gasteiger partial charge is 0.481 e. The lowest BCUT2D eigenvalue weighted by atomic mass is 9.97. The Hall–Kier alpha value is -1.43. The number of aliphatic hydroxyl groups is 1. The lowest BCUT2D eigenvalue weighted by molar-refractivity contribution is -0.143. The molecule has 20 heavy (non-hydrogen) atoms. The number of aliphatic hydroxyl groups excluding tert-OH is 1. The van der Waals surface area contributed by atoms with Crippen LogP contribution in [0.5, 0.6) is 0 Å². The van der Waals surface area contributed by atoms with Crippen molar-refractivity contribution in [1.29, 1.82) is 0 Å². The van der Waals surface area contributed by atoms with Gasteiger partial charge in [0, 0.05) is 36.9 Å². The number of aliphatic carboxylic acids is 1. The van der Waals surface area contributed by atoms with E-state index in [2.05, 4.69) is 28.5 Å². The SMILES string of the molecule is O=C(O)[C@H]1CN(Cc2cccc3ccsc23)C[C@H]1CO. The Morgan fingerprint density at radius 1 is 1.35 bits per heavy atom. The van der Waals surface area contributed by atoms with Crippen LogP contribution in [0.3, 0.4) is 0 Å². The number of hydrogen-bond donors (Lipinski definition) is 2. The normalized spacial score (nSPS) is 23.4. The minimum atomic E-state index is -0.805. The molecule has 1 saturated heterocycles. The first-order valence-corrected chi connectivity index (χ1v) is 7.58. The monoisotopic (exact) mass is 291 g/mol. The first-order valence-electron chi connectivity index (χ1n) is 6.70. The molecule has 0 aliphatic carbocycles. The van der Waals surface area contributed by atoms with Crippen molar-refractivity contribution in [1.82, 2.24) is 4.90 Å². The molecular formula is C15H17NO3S. The minimum Gasteiger partial charge on any atom is -0.481 e. The fourth-order valence-electron chi connectivity index (χ4n) is 2.97. The van der Waals surface area contributed by atoms with Gasteiger partial charge in [-0.2, -0.15) is 0 Å². The molecule has 1 aliphatic rings. The van der Waals surface area contributed by atoms with Crippen LogP contribution >= 0.6 is 11.3 Å². The van der Waals surface area contributed by atoms with E-state index in [0.717, 1.165) is 6.54 Å². The van der Waals surface area contributed by atoms with Gasteiger partial charge in [0.25, 0.3) is 0 Å². The number of nitrogens with zero attached hydrogens (tertiary/aromatic N) is 1. The fourth-order valence-corrected chi connectivity index (χ4v) is 3.88. The molecule has 0 radical (unpaired) electrons. The van der Waals surface area contributed by atoms with E-state index in [9.17, 15) is 15.0 Å².